The first-order valence-electron chi connectivity index (χ1n) is 15.2. The van der Waals surface area contributed by atoms with Crippen LogP contribution in [0.2, 0.25) is 0 Å². The molecule has 0 saturated carbocycles. The Morgan fingerprint density at radius 2 is 1.89 bits per heavy atom. The predicted octanol–water partition coefficient (Wildman–Crippen LogP) is 6.94. The van der Waals surface area contributed by atoms with Gasteiger partial charge in [0.15, 0.2) is 6.54 Å². The third-order valence-electron chi connectivity index (χ3n) is 8.21. The number of esters is 1. The van der Waals surface area contributed by atoms with Crippen LogP contribution >= 0.6 is 15.9 Å². The average molecular weight is 687 g/mol. The summed E-state index contributed by atoms with van der Waals surface area (Å²) in [6.45, 7) is 2.56. The van der Waals surface area contributed by atoms with Crippen molar-refractivity contribution < 1.29 is 33.2 Å². The zero-order chi connectivity index (χ0) is 32.7. The van der Waals surface area contributed by atoms with Gasteiger partial charge in [-0.05, 0) is 73.0 Å². The Bertz CT molecular complexity index is 1840. The summed E-state index contributed by atoms with van der Waals surface area (Å²) in [5.74, 6) is -1.74. The molecule has 9 heteroatoms. The van der Waals surface area contributed by atoms with Gasteiger partial charge in [0.05, 0.1) is 18.4 Å². The van der Waals surface area contributed by atoms with Gasteiger partial charge >= 0.3 is 11.9 Å². The van der Waals surface area contributed by atoms with E-state index in [1.165, 1.54) is 12.1 Å². The maximum absolute atomic E-state index is 15.0. The lowest BCUT2D eigenvalue weighted by Gasteiger charge is -2.33. The predicted molar refractivity (Wildman–Crippen MR) is 179 cm³/mol. The van der Waals surface area contributed by atoms with Crippen molar-refractivity contribution in [2.24, 2.45) is 0 Å². The maximum atomic E-state index is 15.0. The number of nitrogens with zero attached hydrogens (tertiary/aromatic N) is 2. The van der Waals surface area contributed by atoms with Gasteiger partial charge in [0.25, 0.3) is 0 Å². The second-order valence-corrected chi connectivity index (χ2v) is 12.1. The highest BCUT2D eigenvalue weighted by Crippen LogP contribution is 2.52. The van der Waals surface area contributed by atoms with Crippen molar-refractivity contribution in [3.8, 4) is 0 Å². The molecule has 1 N–H and O–H groups in total. The number of hydrogen-bond acceptors (Lipinski definition) is 5. The van der Waals surface area contributed by atoms with Crippen LogP contribution in [0.15, 0.2) is 101 Å². The summed E-state index contributed by atoms with van der Waals surface area (Å²) in [7, 11) is 0. The Labute approximate surface area is 275 Å². The molecular formula is C37H35BrFN2O5+. The number of fused-ring (bicyclic) bond motifs is 2. The average Bonchev–Trinajstić information content (AvgIpc) is 3.26. The number of halogens is 2. The van der Waals surface area contributed by atoms with E-state index in [0.29, 0.717) is 18.5 Å². The quantitative estimate of drug-likeness (QED) is 0.0932. The fourth-order valence-electron chi connectivity index (χ4n) is 6.33. The molecule has 3 aromatic carbocycles. The molecule has 2 heterocycles. The molecule has 0 bridgehead atoms. The number of carboxylic acids is 1. The van der Waals surface area contributed by atoms with Crippen molar-refractivity contribution in [1.82, 2.24) is 0 Å². The molecule has 46 heavy (non-hydrogen) atoms. The van der Waals surface area contributed by atoms with E-state index in [-0.39, 0.29) is 32.4 Å². The number of anilines is 1. The Morgan fingerprint density at radius 3 is 2.65 bits per heavy atom. The fraction of sp³-hybridized carbons (Fsp3) is 0.243. The van der Waals surface area contributed by atoms with Crippen molar-refractivity contribution in [2.45, 2.75) is 44.6 Å². The Morgan fingerprint density at radius 1 is 1.07 bits per heavy atom. The summed E-state index contributed by atoms with van der Waals surface area (Å²) in [5.41, 5.74) is 3.72. The number of ether oxygens (including phenoxy) is 1. The summed E-state index contributed by atoms with van der Waals surface area (Å²) < 4.78 is 23.3. The van der Waals surface area contributed by atoms with Crippen LogP contribution in [-0.2, 0) is 37.5 Å². The number of rotatable bonds is 13. The summed E-state index contributed by atoms with van der Waals surface area (Å²) in [4.78, 5) is 38.4. The van der Waals surface area contributed by atoms with Gasteiger partial charge in [-0.2, -0.15) is 4.57 Å². The van der Waals surface area contributed by atoms with Crippen LogP contribution in [0.25, 0.3) is 17.0 Å². The summed E-state index contributed by atoms with van der Waals surface area (Å²) in [6.07, 6.45) is 7.03. The summed E-state index contributed by atoms with van der Waals surface area (Å²) in [5, 5.41) is 10.4. The number of aromatic nitrogens is 1. The number of aldehydes is 1. The van der Waals surface area contributed by atoms with E-state index < -0.39 is 23.2 Å². The first-order chi connectivity index (χ1) is 22.3. The lowest BCUT2D eigenvalue weighted by Crippen LogP contribution is -2.39. The molecule has 1 unspecified atom stereocenters. The molecule has 0 aliphatic carbocycles. The largest absolute Gasteiger partial charge is 0.481 e. The molecule has 0 saturated heterocycles. The van der Waals surface area contributed by atoms with Gasteiger partial charge in [-0.25, -0.2) is 4.39 Å². The van der Waals surface area contributed by atoms with E-state index in [2.05, 4.69) is 15.9 Å². The van der Waals surface area contributed by atoms with E-state index in [1.54, 1.807) is 13.0 Å². The molecule has 0 radical (unpaired) electrons. The third kappa shape index (κ3) is 7.10. The zero-order valence-electron chi connectivity index (χ0n) is 25.5. The molecule has 1 aliphatic heterocycles. The van der Waals surface area contributed by atoms with Crippen LogP contribution < -0.4 is 9.47 Å². The SMILES string of the molecule is CCOC(=O)CC1(Cc2cccc(Br)c2)C(=CC=Cc2ccc3ccccc3[n+]2CCC(=O)O)N(CCC=O)c2ccc(F)cc21. The van der Waals surface area contributed by atoms with Crippen LogP contribution in [0.5, 0.6) is 0 Å². The standard InChI is InChI=1S/C37H34BrFN2O5/c1-2-46-36(45)25-37(24-26-8-5-10-28(38)22-26)31-23-29(39)15-17-33(31)41(19-7-21-42)34(37)13-6-11-30-16-14-27-9-3-4-12-32(27)40(30)20-18-35(43)44/h3-6,8-17,21-23H,2,7,18-20,24-25H2,1H3/p+1. The fourth-order valence-corrected chi connectivity index (χ4v) is 6.78. The minimum absolute atomic E-state index is 0.0454. The molecule has 1 aromatic heterocycles. The van der Waals surface area contributed by atoms with Gasteiger partial charge in [0.2, 0.25) is 11.2 Å². The van der Waals surface area contributed by atoms with E-state index in [0.717, 1.165) is 44.3 Å². The van der Waals surface area contributed by atoms with Gasteiger partial charge in [0, 0.05) is 52.4 Å². The van der Waals surface area contributed by atoms with Crippen LogP contribution in [0.3, 0.4) is 0 Å². The first-order valence-corrected chi connectivity index (χ1v) is 16.0. The number of carbonyl (C=O) groups is 3. The zero-order valence-corrected chi connectivity index (χ0v) is 27.1. The van der Waals surface area contributed by atoms with Crippen LogP contribution in [0, 0.1) is 5.82 Å². The van der Waals surface area contributed by atoms with E-state index in [4.69, 9.17) is 4.74 Å². The maximum Gasteiger partial charge on any atom is 0.309 e. The Kier molecular flexibility index (Phi) is 10.4. The molecule has 1 aliphatic rings. The smallest absolute Gasteiger partial charge is 0.309 e. The van der Waals surface area contributed by atoms with Crippen LogP contribution in [0.1, 0.15) is 43.0 Å². The number of para-hydroxylation sites is 1. The normalized spacial score (nSPS) is 16.7. The van der Waals surface area contributed by atoms with Crippen molar-refractivity contribution in [1.29, 1.82) is 0 Å². The van der Waals surface area contributed by atoms with E-state index in [9.17, 15) is 23.9 Å². The highest BCUT2D eigenvalue weighted by atomic mass is 79.9. The van der Waals surface area contributed by atoms with Gasteiger partial charge in [-0.3, -0.25) is 9.59 Å². The van der Waals surface area contributed by atoms with Gasteiger partial charge in [0.1, 0.15) is 18.5 Å². The molecule has 0 spiro atoms. The monoisotopic (exact) mass is 685 g/mol. The number of benzene rings is 3. The molecule has 236 valence electrons. The lowest BCUT2D eigenvalue weighted by atomic mass is 9.72. The number of carbonyl (C=O) groups excluding carboxylic acids is 2. The van der Waals surface area contributed by atoms with Gasteiger partial charge < -0.3 is 19.5 Å². The number of allylic oxidation sites excluding steroid dienone is 3. The Balaban J connectivity index is 1.70. The number of aryl methyl sites for hydroxylation is 1. The van der Waals surface area contributed by atoms with Gasteiger partial charge in [-0.15, -0.1) is 0 Å². The van der Waals surface area contributed by atoms with Crippen molar-refractivity contribution in [2.75, 3.05) is 18.1 Å². The molecule has 4 aromatic rings. The minimum atomic E-state index is -1.01. The topological polar surface area (TPSA) is 87.8 Å². The van der Waals surface area contributed by atoms with Crippen LogP contribution in [0.4, 0.5) is 10.1 Å². The number of aliphatic carboxylic acids is 1. The molecule has 0 amide bonds. The molecule has 1 atom stereocenters. The van der Waals surface area contributed by atoms with E-state index in [1.807, 2.05) is 88.4 Å². The van der Waals surface area contributed by atoms with Gasteiger partial charge in [-0.1, -0.05) is 46.3 Å². The highest BCUT2D eigenvalue weighted by Gasteiger charge is 2.49. The van der Waals surface area contributed by atoms with Crippen molar-refractivity contribution in [3.63, 3.8) is 0 Å². The minimum Gasteiger partial charge on any atom is -0.481 e. The third-order valence-corrected chi connectivity index (χ3v) is 8.70. The van der Waals surface area contributed by atoms with Crippen molar-refractivity contribution in [3.05, 3.63) is 124 Å². The van der Waals surface area contributed by atoms with Crippen LogP contribution in [-0.4, -0.2) is 36.5 Å². The molecule has 0 fully saturated rings. The second-order valence-electron chi connectivity index (χ2n) is 11.2. The molecule has 5 rings (SSSR count). The Hall–Kier alpha value is -4.63. The summed E-state index contributed by atoms with van der Waals surface area (Å²) in [6, 6.07) is 24.1. The summed E-state index contributed by atoms with van der Waals surface area (Å²) >= 11 is 3.56. The second kappa shape index (κ2) is 14.6. The molecular weight excluding hydrogens is 651 g/mol. The molecule has 7 nitrogen and oxygen atoms in total. The number of carboxylic acid groups (broad SMARTS) is 1. The first kappa shape index (κ1) is 32.8. The highest BCUT2D eigenvalue weighted by molar-refractivity contribution is 9.10. The lowest BCUT2D eigenvalue weighted by molar-refractivity contribution is -0.672. The van der Waals surface area contributed by atoms with Crippen molar-refractivity contribution >= 4 is 56.8 Å². The number of pyridine rings is 1. The van der Waals surface area contributed by atoms with E-state index >= 15 is 0 Å². The number of hydrogen-bond donors (Lipinski definition) is 1.